The summed E-state index contributed by atoms with van der Waals surface area (Å²) in [6.45, 7) is 6.52. The van der Waals surface area contributed by atoms with Crippen LogP contribution in [0.2, 0.25) is 0 Å². The second-order valence-electron chi connectivity index (χ2n) is 12.4. The number of aromatic nitrogens is 2. The number of nitrogens with zero attached hydrogens (tertiary/aromatic N) is 4. The Morgan fingerprint density at radius 1 is 0.943 bits per heavy atom. The van der Waals surface area contributed by atoms with E-state index in [1.54, 1.807) is 27.7 Å². The van der Waals surface area contributed by atoms with E-state index < -0.39 is 77.0 Å². The zero-order valence-electron chi connectivity index (χ0n) is 29.3. The van der Waals surface area contributed by atoms with Crippen LogP contribution in [0.5, 0.6) is 11.5 Å². The Morgan fingerprint density at radius 2 is 1.45 bits per heavy atom. The molecule has 1 saturated heterocycles. The minimum absolute atomic E-state index is 0.0598. The number of phosphoric acid groups is 2. The number of phosphoric ester groups is 2. The van der Waals surface area contributed by atoms with Gasteiger partial charge in [0.05, 0.1) is 43.8 Å². The molecule has 1 aromatic heterocycles. The van der Waals surface area contributed by atoms with Crippen molar-refractivity contribution in [3.63, 3.8) is 0 Å². The molecule has 0 amide bonds. The van der Waals surface area contributed by atoms with Gasteiger partial charge in [-0.15, -0.1) is 0 Å². The molecule has 2 heterocycles. The summed E-state index contributed by atoms with van der Waals surface area (Å²) in [5.41, 5.74) is 8.66. The Morgan fingerprint density at radius 3 is 1.92 bits per heavy atom. The predicted molar refractivity (Wildman–Crippen MR) is 185 cm³/mol. The monoisotopic (exact) mass is 779 g/mol. The molecular weight excluding hydrogens is 740 g/mol. The molecular formula is C32H39N5O14P2. The first kappa shape index (κ1) is 41.3. The molecule has 1 fully saturated rings. The number of esters is 2. The van der Waals surface area contributed by atoms with Crippen LogP contribution in [0.15, 0.2) is 69.4 Å². The maximum Gasteiger partial charge on any atom is 0.484 e. The van der Waals surface area contributed by atoms with Gasteiger partial charge < -0.3 is 19.1 Å². The number of aryl methyl sites for hydroxylation is 1. The number of aromatic amines is 1. The maximum atomic E-state index is 13.9. The number of carbonyl (C=O) groups is 2. The maximum absolute atomic E-state index is 13.9. The van der Waals surface area contributed by atoms with Gasteiger partial charge in [-0.2, -0.15) is 4.31 Å². The van der Waals surface area contributed by atoms with Crippen LogP contribution in [0.25, 0.3) is 10.4 Å². The molecule has 53 heavy (non-hydrogen) atoms. The van der Waals surface area contributed by atoms with E-state index in [-0.39, 0.29) is 35.3 Å². The van der Waals surface area contributed by atoms with Gasteiger partial charge >= 0.3 is 33.3 Å². The van der Waals surface area contributed by atoms with Crippen molar-refractivity contribution in [2.75, 3.05) is 6.61 Å². The van der Waals surface area contributed by atoms with E-state index >= 15 is 0 Å². The lowest BCUT2D eigenvalue weighted by Gasteiger charge is -2.22. The predicted octanol–water partition coefficient (Wildman–Crippen LogP) is 5.61. The molecule has 0 saturated carbocycles. The van der Waals surface area contributed by atoms with E-state index in [0.717, 1.165) is 4.57 Å². The molecule has 0 spiro atoms. The Bertz CT molecular complexity index is 1950. The van der Waals surface area contributed by atoms with Gasteiger partial charge in [0.1, 0.15) is 17.7 Å². The van der Waals surface area contributed by atoms with Crippen molar-refractivity contribution in [1.82, 2.24) is 9.55 Å². The Balaban J connectivity index is 1.48. The molecule has 0 aliphatic carbocycles. The van der Waals surface area contributed by atoms with Crippen LogP contribution in [-0.2, 0) is 54.6 Å². The van der Waals surface area contributed by atoms with Gasteiger partial charge in [-0.3, -0.25) is 37.5 Å². The third-order valence-corrected chi connectivity index (χ3v) is 10.5. The molecule has 2 unspecified atom stereocenters. The first-order valence-electron chi connectivity index (χ1n) is 16.2. The Hall–Kier alpha value is -4.41. The lowest BCUT2D eigenvalue weighted by Crippen LogP contribution is -2.33. The van der Waals surface area contributed by atoms with E-state index in [9.17, 15) is 33.2 Å². The first-order chi connectivity index (χ1) is 25.0. The van der Waals surface area contributed by atoms with Gasteiger partial charge in [-0.25, -0.2) is 13.9 Å². The fourth-order valence-electron chi connectivity index (χ4n) is 4.51. The highest BCUT2D eigenvalue weighted by Gasteiger charge is 2.42. The highest BCUT2D eigenvalue weighted by Crippen LogP contribution is 2.64. The highest BCUT2D eigenvalue weighted by atomic mass is 31.3. The lowest BCUT2D eigenvalue weighted by molar-refractivity contribution is -0.138. The number of H-pyrrole nitrogens is 1. The molecule has 1 aliphatic heterocycles. The summed E-state index contributed by atoms with van der Waals surface area (Å²) < 4.78 is 65.4. The van der Waals surface area contributed by atoms with E-state index in [4.69, 9.17) is 37.6 Å². The summed E-state index contributed by atoms with van der Waals surface area (Å²) in [7, 11) is -10.2. The Kier molecular flexibility index (Phi) is 14.1. The molecule has 3 aromatic rings. The standard InChI is InChI=1S/C32H39N5O14P2/c1-19(2)30(39)48-24-10-6-22(7-11-24)16-46-53(44,47-17-23-8-12-25(13-9-23)49-31(40)20(3)4)51-52(42,43)45-18-27-26(35-36-33)14-28(50-27)37-15-21(5)29(38)34-32(37)41/h6-13,15,19-20,26-28H,14,16-18H2,1-5H3,(H,42,43)(H,34,38,41)/t26?,27-,28-/m1/s1. The average Bonchev–Trinajstić information content (AvgIpc) is 3.50. The van der Waals surface area contributed by atoms with E-state index in [0.29, 0.717) is 11.1 Å². The van der Waals surface area contributed by atoms with Crippen molar-refractivity contribution in [3.8, 4) is 11.5 Å². The molecule has 1 aliphatic rings. The summed E-state index contributed by atoms with van der Waals surface area (Å²) >= 11 is 0. The summed E-state index contributed by atoms with van der Waals surface area (Å²) in [5, 5.41) is 3.63. The molecule has 2 N–H and O–H groups in total. The third kappa shape index (κ3) is 12.1. The van der Waals surface area contributed by atoms with Crippen LogP contribution in [0.1, 0.15) is 57.0 Å². The van der Waals surface area contributed by atoms with E-state index in [1.807, 2.05) is 0 Å². The average molecular weight is 780 g/mol. The van der Waals surface area contributed by atoms with Gasteiger partial charge in [0.15, 0.2) is 0 Å². The zero-order chi connectivity index (χ0) is 38.9. The van der Waals surface area contributed by atoms with Crippen LogP contribution in [0.3, 0.4) is 0 Å². The largest absolute Gasteiger partial charge is 0.484 e. The topological polar surface area (TPSA) is 257 Å². The number of nitrogens with one attached hydrogen (secondary N) is 1. The number of hydrogen-bond acceptors (Lipinski definition) is 14. The third-order valence-electron chi connectivity index (χ3n) is 7.47. The minimum atomic E-state index is -5.30. The van der Waals surface area contributed by atoms with Gasteiger partial charge in [0, 0.05) is 23.1 Å². The minimum Gasteiger partial charge on any atom is -0.426 e. The molecule has 4 rings (SSSR count). The number of rotatable bonds is 17. The van der Waals surface area contributed by atoms with Crippen molar-refractivity contribution in [2.24, 2.45) is 17.0 Å². The van der Waals surface area contributed by atoms with Crippen LogP contribution in [0, 0.1) is 18.8 Å². The summed E-state index contributed by atoms with van der Waals surface area (Å²) in [6.07, 6.45) is -1.04. The molecule has 0 radical (unpaired) electrons. The van der Waals surface area contributed by atoms with Crippen LogP contribution >= 0.6 is 15.6 Å². The molecule has 21 heteroatoms. The van der Waals surface area contributed by atoms with E-state index in [2.05, 4.69) is 15.0 Å². The van der Waals surface area contributed by atoms with Crippen LogP contribution in [-0.4, -0.2) is 45.1 Å². The summed E-state index contributed by atoms with van der Waals surface area (Å²) in [6, 6.07) is 10.9. The molecule has 19 nitrogen and oxygen atoms in total. The van der Waals surface area contributed by atoms with Crippen molar-refractivity contribution < 1.29 is 55.7 Å². The first-order valence-corrected chi connectivity index (χ1v) is 19.1. The SMILES string of the molecule is Cc1cn([C@H]2CC(N=[N+]=[N-])[C@@H](COP(=O)(O)OP(=O)(OCc3ccc(OC(=O)C(C)C)cc3)OCc3ccc(OC(=O)C(C)C)cc3)O2)c(=O)[nH]c1=O. The van der Waals surface area contributed by atoms with Gasteiger partial charge in [0.2, 0.25) is 0 Å². The van der Waals surface area contributed by atoms with Crippen molar-refractivity contribution in [3.05, 3.63) is 103 Å². The summed E-state index contributed by atoms with van der Waals surface area (Å²) in [4.78, 5) is 63.6. The quantitative estimate of drug-likeness (QED) is 0.0422. The number of azide groups is 1. The van der Waals surface area contributed by atoms with Gasteiger partial charge in [0.25, 0.3) is 5.56 Å². The zero-order valence-corrected chi connectivity index (χ0v) is 31.1. The highest BCUT2D eigenvalue weighted by molar-refractivity contribution is 7.61. The molecule has 286 valence electrons. The molecule has 2 aromatic carbocycles. The van der Waals surface area contributed by atoms with Crippen molar-refractivity contribution >= 4 is 27.6 Å². The lowest BCUT2D eigenvalue weighted by atomic mass is 10.1. The van der Waals surface area contributed by atoms with Crippen molar-refractivity contribution in [2.45, 2.75) is 72.6 Å². The number of carbonyl (C=O) groups excluding carboxylic acids is 2. The molecule has 4 atom stereocenters. The fraction of sp³-hybridized carbons (Fsp3) is 0.438. The number of hydrogen-bond donors (Lipinski definition) is 2. The second-order valence-corrected chi connectivity index (χ2v) is 15.7. The normalized spacial score (nSPS) is 18.4. The van der Waals surface area contributed by atoms with Gasteiger partial charge in [-0.05, 0) is 47.8 Å². The van der Waals surface area contributed by atoms with Crippen LogP contribution < -0.4 is 20.7 Å². The molecule has 0 bridgehead atoms. The number of ether oxygens (including phenoxy) is 3. The smallest absolute Gasteiger partial charge is 0.426 e. The van der Waals surface area contributed by atoms with E-state index in [1.165, 1.54) is 61.7 Å². The number of benzene rings is 2. The summed E-state index contributed by atoms with van der Waals surface area (Å²) in [5.74, 6) is -1.14. The Labute approximate surface area is 302 Å². The van der Waals surface area contributed by atoms with Gasteiger partial charge in [-0.1, -0.05) is 57.1 Å². The second kappa shape index (κ2) is 18.1. The van der Waals surface area contributed by atoms with Crippen molar-refractivity contribution in [1.29, 1.82) is 0 Å². The fourth-order valence-corrected chi connectivity index (χ4v) is 7.11. The van der Waals surface area contributed by atoms with Crippen LogP contribution in [0.4, 0.5) is 0 Å².